The minimum atomic E-state index is 0. The van der Waals surface area contributed by atoms with Crippen LogP contribution in [0, 0.1) is 5.92 Å². The molecule has 0 spiro atoms. The van der Waals surface area contributed by atoms with Gasteiger partial charge in [0, 0.05) is 37.8 Å². The average molecular weight is 504 g/mol. The summed E-state index contributed by atoms with van der Waals surface area (Å²) in [6.45, 7) is 15.3. The van der Waals surface area contributed by atoms with Crippen molar-refractivity contribution in [1.82, 2.24) is 15.5 Å². The zero-order valence-electron chi connectivity index (χ0n) is 17.7. The van der Waals surface area contributed by atoms with Crippen LogP contribution in [0.25, 0.3) is 0 Å². The Kier molecular flexibility index (Phi) is 12.5. The van der Waals surface area contributed by atoms with E-state index in [0.717, 1.165) is 63.3 Å². The molecular weight excluding hydrogens is 467 g/mol. The second-order valence-electron chi connectivity index (χ2n) is 7.39. The zero-order valence-corrected chi connectivity index (χ0v) is 20.1. The second-order valence-corrected chi connectivity index (χ2v) is 7.39. The molecule has 0 aliphatic carbocycles. The van der Waals surface area contributed by atoms with Gasteiger partial charge in [-0.3, -0.25) is 4.90 Å². The molecule has 1 aliphatic heterocycles. The molecule has 1 atom stereocenters. The van der Waals surface area contributed by atoms with E-state index >= 15 is 0 Å². The summed E-state index contributed by atoms with van der Waals surface area (Å²) in [6.07, 6.45) is 0. The first-order valence-corrected chi connectivity index (χ1v) is 10.1. The first-order chi connectivity index (χ1) is 13.1. The molecule has 6 nitrogen and oxygen atoms in total. The largest absolute Gasteiger partial charge is 0.493 e. The van der Waals surface area contributed by atoms with Crippen LogP contribution < -0.4 is 15.4 Å². The Morgan fingerprint density at radius 3 is 2.57 bits per heavy atom. The molecule has 1 saturated heterocycles. The number of nitrogens with one attached hydrogen (secondary N) is 2. The number of guanidine groups is 1. The van der Waals surface area contributed by atoms with Crippen LogP contribution in [0.2, 0.25) is 0 Å². The molecule has 1 aromatic rings. The Bertz CT molecular complexity index is 577. The maximum Gasteiger partial charge on any atom is 0.191 e. The normalized spacial score (nSPS) is 16.4. The van der Waals surface area contributed by atoms with Gasteiger partial charge in [-0.25, -0.2) is 4.99 Å². The first-order valence-electron chi connectivity index (χ1n) is 10.1. The first kappa shape index (κ1) is 25.0. The Balaban J connectivity index is 0.00000392. The highest BCUT2D eigenvalue weighted by atomic mass is 127. The van der Waals surface area contributed by atoms with Crippen molar-refractivity contribution >= 4 is 29.9 Å². The Hall–Kier alpha value is -1.06. The van der Waals surface area contributed by atoms with Crippen molar-refractivity contribution in [3.8, 4) is 5.75 Å². The predicted molar refractivity (Wildman–Crippen MR) is 127 cm³/mol. The van der Waals surface area contributed by atoms with Crippen molar-refractivity contribution in [3.05, 3.63) is 29.8 Å². The van der Waals surface area contributed by atoms with Crippen molar-refractivity contribution in [2.24, 2.45) is 10.9 Å². The third kappa shape index (κ3) is 8.96. The van der Waals surface area contributed by atoms with E-state index in [2.05, 4.69) is 49.3 Å². The number of ether oxygens (including phenoxy) is 2. The number of para-hydroxylation sites is 1. The lowest BCUT2D eigenvalue weighted by Gasteiger charge is -2.32. The number of nitrogens with zero attached hydrogens (tertiary/aromatic N) is 2. The maximum absolute atomic E-state index is 5.94. The molecule has 1 aromatic carbocycles. The molecule has 7 heteroatoms. The molecule has 0 bridgehead atoms. The Morgan fingerprint density at radius 2 is 1.89 bits per heavy atom. The summed E-state index contributed by atoms with van der Waals surface area (Å²) in [7, 11) is 0. The summed E-state index contributed by atoms with van der Waals surface area (Å²) >= 11 is 0. The third-order valence-electron chi connectivity index (χ3n) is 4.53. The molecule has 160 valence electrons. The minimum Gasteiger partial charge on any atom is -0.493 e. The van der Waals surface area contributed by atoms with Gasteiger partial charge in [0.25, 0.3) is 0 Å². The van der Waals surface area contributed by atoms with E-state index in [-0.39, 0.29) is 24.0 Å². The van der Waals surface area contributed by atoms with Gasteiger partial charge in [-0.05, 0) is 25.8 Å². The number of hydrogen-bond donors (Lipinski definition) is 2. The van der Waals surface area contributed by atoms with Crippen LogP contribution in [0.4, 0.5) is 0 Å². The van der Waals surface area contributed by atoms with Gasteiger partial charge in [0.15, 0.2) is 5.96 Å². The van der Waals surface area contributed by atoms with Crippen molar-refractivity contribution in [2.45, 2.75) is 40.3 Å². The second kappa shape index (κ2) is 14.0. The topological polar surface area (TPSA) is 58.1 Å². The van der Waals surface area contributed by atoms with Crippen LogP contribution in [0.1, 0.15) is 33.3 Å². The monoisotopic (exact) mass is 504 g/mol. The number of halogens is 1. The van der Waals surface area contributed by atoms with Gasteiger partial charge in [-0.1, -0.05) is 32.0 Å². The van der Waals surface area contributed by atoms with Crippen molar-refractivity contribution < 1.29 is 9.47 Å². The molecule has 1 unspecified atom stereocenters. The van der Waals surface area contributed by atoms with Crippen LogP contribution in [-0.4, -0.2) is 62.9 Å². The van der Waals surface area contributed by atoms with Crippen LogP contribution in [-0.2, 0) is 11.3 Å². The summed E-state index contributed by atoms with van der Waals surface area (Å²) in [5.41, 5.74) is 1.11. The van der Waals surface area contributed by atoms with Crippen molar-refractivity contribution in [2.75, 3.05) is 46.0 Å². The lowest BCUT2D eigenvalue weighted by atomic mass is 10.2. The minimum absolute atomic E-state index is 0. The lowest BCUT2D eigenvalue weighted by Crippen LogP contribution is -2.49. The summed E-state index contributed by atoms with van der Waals surface area (Å²) in [5, 5.41) is 6.81. The van der Waals surface area contributed by atoms with Crippen LogP contribution in [0.5, 0.6) is 5.75 Å². The molecule has 0 amide bonds. The van der Waals surface area contributed by atoms with Crippen LogP contribution >= 0.6 is 24.0 Å². The van der Waals surface area contributed by atoms with Gasteiger partial charge < -0.3 is 20.1 Å². The average Bonchev–Trinajstić information content (AvgIpc) is 2.69. The molecule has 2 N–H and O–H groups in total. The highest BCUT2D eigenvalue weighted by Gasteiger charge is 2.17. The van der Waals surface area contributed by atoms with E-state index in [1.54, 1.807) is 0 Å². The van der Waals surface area contributed by atoms with Crippen molar-refractivity contribution in [3.63, 3.8) is 0 Å². The smallest absolute Gasteiger partial charge is 0.191 e. The lowest BCUT2D eigenvalue weighted by molar-refractivity contribution is 0.0211. The van der Waals surface area contributed by atoms with Gasteiger partial charge >= 0.3 is 0 Å². The molecule has 2 rings (SSSR count). The van der Waals surface area contributed by atoms with Gasteiger partial charge in [0.2, 0.25) is 0 Å². The summed E-state index contributed by atoms with van der Waals surface area (Å²) in [6, 6.07) is 8.59. The number of rotatable bonds is 9. The standard InChI is InChI=1S/C21H36N4O2.HI/c1-5-22-21(23-14-18(4)25-10-12-26-13-11-25)24-15-19-8-6-7-9-20(19)27-16-17(2)3;/h6-9,17-18H,5,10-16H2,1-4H3,(H2,22,23,24);1H. The number of morpholine rings is 1. The van der Waals surface area contributed by atoms with Gasteiger partial charge in [0.05, 0.1) is 26.4 Å². The quantitative estimate of drug-likeness (QED) is 0.308. The molecule has 1 aliphatic rings. The molecule has 1 heterocycles. The maximum atomic E-state index is 5.94. The van der Waals surface area contributed by atoms with Crippen LogP contribution in [0.15, 0.2) is 29.3 Å². The fraction of sp³-hybridized carbons (Fsp3) is 0.667. The van der Waals surface area contributed by atoms with Gasteiger partial charge in [0.1, 0.15) is 5.75 Å². The zero-order chi connectivity index (χ0) is 19.5. The van der Waals surface area contributed by atoms with E-state index in [1.165, 1.54) is 0 Å². The molecule has 0 radical (unpaired) electrons. The van der Waals surface area contributed by atoms with E-state index in [1.807, 2.05) is 18.2 Å². The fourth-order valence-electron chi connectivity index (χ4n) is 2.93. The fourth-order valence-corrected chi connectivity index (χ4v) is 2.93. The Morgan fingerprint density at radius 1 is 1.18 bits per heavy atom. The molecule has 1 fully saturated rings. The van der Waals surface area contributed by atoms with E-state index in [0.29, 0.717) is 18.5 Å². The SMILES string of the molecule is CCNC(=NCc1ccccc1OCC(C)C)NCC(C)N1CCOCC1.I. The molecule has 0 saturated carbocycles. The van der Waals surface area contributed by atoms with E-state index in [9.17, 15) is 0 Å². The van der Waals surface area contributed by atoms with Crippen LogP contribution in [0.3, 0.4) is 0 Å². The third-order valence-corrected chi connectivity index (χ3v) is 4.53. The van der Waals surface area contributed by atoms with Gasteiger partial charge in [-0.2, -0.15) is 0 Å². The number of aliphatic imine (C=N–C) groups is 1. The molecule has 28 heavy (non-hydrogen) atoms. The van der Waals surface area contributed by atoms with Crippen molar-refractivity contribution in [1.29, 1.82) is 0 Å². The predicted octanol–water partition coefficient (Wildman–Crippen LogP) is 3.12. The summed E-state index contributed by atoms with van der Waals surface area (Å²) in [4.78, 5) is 7.21. The number of hydrogen-bond acceptors (Lipinski definition) is 4. The summed E-state index contributed by atoms with van der Waals surface area (Å²) in [5.74, 6) is 2.27. The highest BCUT2D eigenvalue weighted by Crippen LogP contribution is 2.19. The molecule has 0 aromatic heterocycles. The van der Waals surface area contributed by atoms with E-state index in [4.69, 9.17) is 14.5 Å². The summed E-state index contributed by atoms with van der Waals surface area (Å²) < 4.78 is 11.4. The van der Waals surface area contributed by atoms with E-state index < -0.39 is 0 Å². The number of benzene rings is 1. The Labute approximate surface area is 187 Å². The molecular formula is C21H37IN4O2. The highest BCUT2D eigenvalue weighted by molar-refractivity contribution is 14.0. The van der Waals surface area contributed by atoms with Gasteiger partial charge in [-0.15, -0.1) is 24.0 Å².